The number of phenols is 9. The lowest BCUT2D eigenvalue weighted by atomic mass is 9.99. The van der Waals surface area contributed by atoms with E-state index < -0.39 is 51.7 Å². The molecule has 0 aliphatic heterocycles. The van der Waals surface area contributed by atoms with Crippen molar-refractivity contribution in [3.8, 4) is 85.1 Å². The molecule has 0 unspecified atom stereocenters. The predicted octanol–water partition coefficient (Wildman–Crippen LogP) is 12.4. The Morgan fingerprint density at radius 3 is 1.09 bits per heavy atom. The molecule has 9 N–H and O–H groups in total. The molecular weight excluding hydrogens is 809 g/mol. The summed E-state index contributed by atoms with van der Waals surface area (Å²) < 4.78 is 0. The number of aromatic hydroxyl groups is 9. The van der Waals surface area contributed by atoms with Gasteiger partial charge in [-0.3, -0.25) is 0 Å². The highest BCUT2D eigenvalue weighted by Gasteiger charge is 2.26. The van der Waals surface area contributed by atoms with Gasteiger partial charge in [0.05, 0.1) is 16.8 Å². The highest BCUT2D eigenvalue weighted by Crippen LogP contribution is 2.55. The molecule has 0 aliphatic carbocycles. The molecule has 0 aliphatic rings. The van der Waals surface area contributed by atoms with Crippen molar-refractivity contribution in [2.75, 3.05) is 9.80 Å². The summed E-state index contributed by atoms with van der Waals surface area (Å²) in [6, 6.07) is 54.0. The van der Waals surface area contributed by atoms with Gasteiger partial charge in [-0.1, -0.05) is 103 Å². The second kappa shape index (κ2) is 16.1. The van der Waals surface area contributed by atoms with Crippen LogP contribution in [0, 0.1) is 6.92 Å². The number of para-hydroxylation sites is 1. The Morgan fingerprint density at radius 2 is 0.625 bits per heavy atom. The van der Waals surface area contributed by atoms with Crippen molar-refractivity contribution >= 4 is 44.9 Å². The molecule has 0 heterocycles. The first kappa shape index (κ1) is 40.4. The van der Waals surface area contributed by atoms with E-state index in [9.17, 15) is 46.0 Å². The largest absolute Gasteiger partial charge is 0.504 e. The molecule has 0 atom stereocenters. The van der Waals surface area contributed by atoms with E-state index in [0.29, 0.717) is 5.56 Å². The summed E-state index contributed by atoms with van der Waals surface area (Å²) in [6.45, 7) is 1.39. The smallest absolute Gasteiger partial charge is 0.208 e. The predicted molar refractivity (Wildman–Crippen MR) is 249 cm³/mol. The van der Waals surface area contributed by atoms with Crippen LogP contribution in [0.25, 0.3) is 44.2 Å². The summed E-state index contributed by atoms with van der Waals surface area (Å²) in [6.07, 6.45) is 0. The summed E-state index contributed by atoms with van der Waals surface area (Å²) in [7, 11) is 0. The lowest BCUT2D eigenvalue weighted by Gasteiger charge is -2.27. The normalized spacial score (nSPS) is 11.1. The number of hydrogen-bond acceptors (Lipinski definition) is 11. The Kier molecular flexibility index (Phi) is 10.2. The van der Waals surface area contributed by atoms with E-state index in [1.54, 1.807) is 36.4 Å². The number of phenolic OH excluding ortho intramolecular Hbond substituents is 9. The zero-order valence-electron chi connectivity index (χ0n) is 34.1. The summed E-state index contributed by atoms with van der Waals surface area (Å²) >= 11 is 0. The summed E-state index contributed by atoms with van der Waals surface area (Å²) in [5.41, 5.74) is 7.26. The van der Waals surface area contributed by atoms with E-state index >= 15 is 0 Å². The number of hydrogen-bond donors (Lipinski definition) is 9. The van der Waals surface area contributed by atoms with Crippen LogP contribution >= 0.6 is 0 Å². The monoisotopic (exact) mass is 848 g/mol. The van der Waals surface area contributed by atoms with Crippen molar-refractivity contribution in [3.05, 3.63) is 175 Å². The highest BCUT2D eigenvalue weighted by atomic mass is 16.4. The highest BCUT2D eigenvalue weighted by molar-refractivity contribution is 5.99. The number of rotatable bonds is 9. The molecule has 0 saturated carbocycles. The molecule has 64 heavy (non-hydrogen) atoms. The van der Waals surface area contributed by atoms with Crippen molar-refractivity contribution in [2.24, 2.45) is 0 Å². The second-order valence-corrected chi connectivity index (χ2v) is 15.2. The molecule has 11 nitrogen and oxygen atoms in total. The van der Waals surface area contributed by atoms with E-state index in [4.69, 9.17) is 0 Å². The fourth-order valence-corrected chi connectivity index (χ4v) is 8.06. The molecule has 0 radical (unpaired) electrons. The minimum atomic E-state index is -1.02. The number of nitrogens with zero attached hydrogens (tertiary/aromatic N) is 2. The summed E-state index contributed by atoms with van der Waals surface area (Å²) in [4.78, 5) is 4.14. The lowest BCUT2D eigenvalue weighted by molar-refractivity contribution is 0.330. The van der Waals surface area contributed by atoms with Crippen LogP contribution < -0.4 is 9.80 Å². The average Bonchev–Trinajstić information content (AvgIpc) is 3.33. The van der Waals surface area contributed by atoms with Gasteiger partial charge in [-0.2, -0.15) is 0 Å². The number of benzene rings is 9. The number of fused-ring (bicyclic) bond motifs is 1. The minimum Gasteiger partial charge on any atom is -0.504 e. The maximum Gasteiger partial charge on any atom is 0.208 e. The Hall–Kier alpha value is -8.96. The fourth-order valence-electron chi connectivity index (χ4n) is 8.06. The van der Waals surface area contributed by atoms with Crippen LogP contribution in [0.1, 0.15) is 5.56 Å². The van der Waals surface area contributed by atoms with Gasteiger partial charge in [-0.15, -0.1) is 0 Å². The van der Waals surface area contributed by atoms with Gasteiger partial charge >= 0.3 is 0 Å². The fraction of sp³-hybridized carbons (Fsp3) is 0.0189. The van der Waals surface area contributed by atoms with Gasteiger partial charge < -0.3 is 55.8 Å². The van der Waals surface area contributed by atoms with Gasteiger partial charge in [0.25, 0.3) is 0 Å². The molecule has 0 spiro atoms. The molecule has 0 saturated heterocycles. The molecule has 316 valence electrons. The average molecular weight is 849 g/mol. The summed E-state index contributed by atoms with van der Waals surface area (Å²) in [5, 5.41) is 95.7. The van der Waals surface area contributed by atoms with Crippen molar-refractivity contribution in [2.45, 2.75) is 6.92 Å². The zero-order chi connectivity index (χ0) is 44.8. The Bertz CT molecular complexity index is 3130. The van der Waals surface area contributed by atoms with Crippen LogP contribution in [-0.2, 0) is 0 Å². The van der Waals surface area contributed by atoms with E-state index in [1.165, 1.54) is 6.92 Å². The van der Waals surface area contributed by atoms with Crippen molar-refractivity contribution in [1.29, 1.82) is 0 Å². The van der Waals surface area contributed by atoms with Gasteiger partial charge in [0.2, 0.25) is 17.2 Å². The quantitative estimate of drug-likeness (QED) is 0.0496. The molecule has 0 fully saturated rings. The van der Waals surface area contributed by atoms with Crippen LogP contribution in [-0.4, -0.2) is 46.0 Å². The lowest BCUT2D eigenvalue weighted by Crippen LogP contribution is -2.10. The van der Waals surface area contributed by atoms with Gasteiger partial charge in [0.1, 0.15) is 0 Å². The Balaban J connectivity index is 1.05. The number of anilines is 6. The topological polar surface area (TPSA) is 189 Å². The van der Waals surface area contributed by atoms with Crippen LogP contribution in [0.15, 0.2) is 170 Å². The second-order valence-electron chi connectivity index (χ2n) is 15.2. The third-order valence-electron chi connectivity index (χ3n) is 11.4. The summed E-state index contributed by atoms with van der Waals surface area (Å²) in [5.74, 6) is -6.54. The first-order chi connectivity index (χ1) is 30.9. The first-order valence-corrected chi connectivity index (χ1v) is 20.1. The standard InChI is InChI=1S/C53H40N2O9/c1-30-45(56)47(58)43(48(59)46(30)57)34-18-26-38(27-19-34)54(36-10-3-2-4-11-36)37-22-14-31(15-23-37)32-16-24-39(25-17-32)55(42-13-7-9-33-8-5-6-12-41(33)42)40-28-20-35(21-29-40)44-49(60)51(62)53(64)52(63)50(44)61/h2-29,56-64H,1H3. The van der Waals surface area contributed by atoms with Crippen molar-refractivity contribution in [3.63, 3.8) is 0 Å². The molecule has 9 aromatic carbocycles. The molecule has 9 rings (SSSR count). The molecule has 0 bridgehead atoms. The molecule has 11 heteroatoms. The van der Waals surface area contributed by atoms with Gasteiger partial charge in [0.15, 0.2) is 34.5 Å². The van der Waals surface area contributed by atoms with Crippen molar-refractivity contribution in [1.82, 2.24) is 0 Å². The Labute approximate surface area is 367 Å². The van der Waals surface area contributed by atoms with Crippen molar-refractivity contribution < 1.29 is 46.0 Å². The maximum absolute atomic E-state index is 10.7. The van der Waals surface area contributed by atoms with E-state index in [2.05, 4.69) is 9.80 Å². The van der Waals surface area contributed by atoms with Crippen LogP contribution in [0.5, 0.6) is 51.7 Å². The van der Waals surface area contributed by atoms with Crippen LogP contribution in [0.4, 0.5) is 34.1 Å². The van der Waals surface area contributed by atoms with E-state index in [-0.39, 0.29) is 22.3 Å². The molecule has 0 amide bonds. The van der Waals surface area contributed by atoms with Crippen LogP contribution in [0.2, 0.25) is 0 Å². The Morgan fingerprint density at radius 1 is 0.281 bits per heavy atom. The minimum absolute atomic E-state index is 0.0272. The molecule has 0 aromatic heterocycles. The molecular formula is C53H40N2O9. The van der Waals surface area contributed by atoms with Gasteiger partial charge in [-0.05, 0) is 101 Å². The maximum atomic E-state index is 10.7. The van der Waals surface area contributed by atoms with Gasteiger partial charge in [0, 0.05) is 39.4 Å². The molecule has 9 aromatic rings. The first-order valence-electron chi connectivity index (χ1n) is 20.1. The van der Waals surface area contributed by atoms with Crippen LogP contribution in [0.3, 0.4) is 0 Å². The third kappa shape index (κ3) is 6.92. The van der Waals surface area contributed by atoms with Gasteiger partial charge in [-0.25, -0.2) is 0 Å². The third-order valence-corrected chi connectivity index (χ3v) is 11.4. The zero-order valence-corrected chi connectivity index (χ0v) is 34.1. The van der Waals surface area contributed by atoms with E-state index in [0.717, 1.165) is 56.0 Å². The van der Waals surface area contributed by atoms with E-state index in [1.807, 2.05) is 133 Å². The SMILES string of the molecule is Cc1c(O)c(O)c(-c2ccc(N(c3ccccc3)c3ccc(-c4ccc(N(c5ccc(-c6c(O)c(O)c(O)c(O)c6O)cc5)c5cccc6ccccc56)cc4)cc3)cc2)c(O)c1O.